The predicted molar refractivity (Wildman–Crippen MR) is 132 cm³/mol. The number of methoxy groups -OCH3 is 2. The average molecular weight is 499 g/mol. The van der Waals surface area contributed by atoms with Gasteiger partial charge in [-0.1, -0.05) is 35.9 Å². The van der Waals surface area contributed by atoms with Crippen LogP contribution in [0.2, 0.25) is 5.02 Å². The average Bonchev–Trinajstić information content (AvgIpc) is 2.84. The molecule has 0 aliphatic heterocycles. The van der Waals surface area contributed by atoms with Gasteiger partial charge in [0.1, 0.15) is 16.4 Å². The molecule has 0 radical (unpaired) electrons. The number of nitrogens with one attached hydrogen (secondary N) is 1. The number of rotatable bonds is 8. The molecule has 0 atom stereocenters. The molecule has 0 saturated carbocycles. The monoisotopic (exact) mass is 498 g/mol. The number of hydrogen-bond donors (Lipinski definition) is 1. The van der Waals surface area contributed by atoms with Crippen LogP contribution in [0.25, 0.3) is 10.9 Å². The Labute approximate surface area is 202 Å². The lowest BCUT2D eigenvalue weighted by molar-refractivity contribution is 0.398. The van der Waals surface area contributed by atoms with Gasteiger partial charge < -0.3 is 14.5 Å². The molecule has 0 fully saturated rings. The molecule has 4 rings (SSSR count). The van der Waals surface area contributed by atoms with Gasteiger partial charge in [-0.3, -0.25) is 4.79 Å². The van der Waals surface area contributed by atoms with Crippen LogP contribution in [0.3, 0.4) is 0 Å². The van der Waals surface area contributed by atoms with Gasteiger partial charge in [0, 0.05) is 24.7 Å². The first kappa shape index (κ1) is 23.8. The molecular weight excluding hydrogens is 476 g/mol. The van der Waals surface area contributed by atoms with Gasteiger partial charge in [-0.05, 0) is 53.4 Å². The van der Waals surface area contributed by atoms with E-state index in [1.165, 1.54) is 16.4 Å². The highest BCUT2D eigenvalue weighted by molar-refractivity contribution is 7.89. The van der Waals surface area contributed by atoms with Crippen LogP contribution in [-0.2, 0) is 23.1 Å². The minimum absolute atomic E-state index is 0.0212. The maximum Gasteiger partial charge on any atom is 0.252 e. The molecule has 176 valence electrons. The summed E-state index contributed by atoms with van der Waals surface area (Å²) >= 11 is 6.23. The number of ether oxygens (including phenoxy) is 2. The van der Waals surface area contributed by atoms with Crippen molar-refractivity contribution in [2.24, 2.45) is 0 Å². The van der Waals surface area contributed by atoms with Crippen molar-refractivity contribution in [3.05, 3.63) is 99.3 Å². The summed E-state index contributed by atoms with van der Waals surface area (Å²) in [6.45, 7) is -0.103. The molecule has 0 saturated heterocycles. The standard InChI is InChI=1S/C25H23ClN2O5S/c1-32-20-10-7-17(8-11-20)15-28(34(30,31)24-6-4-3-5-22(24)26)16-19-13-18-9-12-21(33-2)14-23(18)27-25(19)29/h3-14H,15-16H2,1-2H3,(H,27,29). The van der Waals surface area contributed by atoms with Crippen molar-refractivity contribution < 1.29 is 17.9 Å². The SMILES string of the molecule is COc1ccc(CN(Cc2cc3ccc(OC)cc3[nH]c2=O)S(=O)(=O)c2ccccc2Cl)cc1. The van der Waals surface area contributed by atoms with Crippen LogP contribution in [0.15, 0.2) is 82.5 Å². The van der Waals surface area contributed by atoms with Crippen LogP contribution in [0.4, 0.5) is 0 Å². The fraction of sp³-hybridized carbons (Fsp3) is 0.160. The summed E-state index contributed by atoms with van der Waals surface area (Å²) in [6.07, 6.45) is 0. The minimum Gasteiger partial charge on any atom is -0.497 e. The Hall–Kier alpha value is -3.33. The first-order valence-corrected chi connectivity index (χ1v) is 12.2. The number of H-pyrrole nitrogens is 1. The number of benzene rings is 3. The number of aromatic nitrogens is 1. The van der Waals surface area contributed by atoms with E-state index in [0.717, 1.165) is 10.9 Å². The van der Waals surface area contributed by atoms with Crippen molar-refractivity contribution in [1.82, 2.24) is 9.29 Å². The van der Waals surface area contributed by atoms with E-state index < -0.39 is 10.0 Å². The van der Waals surface area contributed by atoms with Crippen LogP contribution < -0.4 is 15.0 Å². The van der Waals surface area contributed by atoms with Gasteiger partial charge in [-0.2, -0.15) is 4.31 Å². The lowest BCUT2D eigenvalue weighted by Crippen LogP contribution is -2.32. The normalized spacial score (nSPS) is 11.6. The van der Waals surface area contributed by atoms with Crippen LogP contribution in [0.5, 0.6) is 11.5 Å². The second-order valence-corrected chi connectivity index (χ2v) is 9.94. The van der Waals surface area contributed by atoms with Crippen molar-refractivity contribution in [2.45, 2.75) is 18.0 Å². The Morgan fingerprint density at radius 1 is 0.882 bits per heavy atom. The summed E-state index contributed by atoms with van der Waals surface area (Å²) in [5.74, 6) is 1.27. The number of nitrogens with zero attached hydrogens (tertiary/aromatic N) is 1. The number of hydrogen-bond acceptors (Lipinski definition) is 5. The molecule has 9 heteroatoms. The Balaban J connectivity index is 1.77. The van der Waals surface area contributed by atoms with Crippen molar-refractivity contribution in [1.29, 1.82) is 0 Å². The molecule has 3 aromatic carbocycles. The van der Waals surface area contributed by atoms with Crippen LogP contribution in [0.1, 0.15) is 11.1 Å². The molecule has 0 spiro atoms. The summed E-state index contributed by atoms with van der Waals surface area (Å²) in [5, 5.41) is 0.872. The Kier molecular flexibility index (Phi) is 6.92. The summed E-state index contributed by atoms with van der Waals surface area (Å²) in [6, 6.07) is 20.3. The summed E-state index contributed by atoms with van der Waals surface area (Å²) in [4.78, 5) is 15.7. The van der Waals surface area contributed by atoms with Crippen LogP contribution in [-0.4, -0.2) is 31.9 Å². The number of sulfonamides is 1. The van der Waals surface area contributed by atoms with E-state index in [1.54, 1.807) is 68.8 Å². The van der Waals surface area contributed by atoms with E-state index in [0.29, 0.717) is 22.6 Å². The fourth-order valence-corrected chi connectivity index (χ4v) is 5.51. The summed E-state index contributed by atoms with van der Waals surface area (Å²) in [7, 11) is -0.921. The number of pyridine rings is 1. The number of aromatic amines is 1. The molecule has 1 N–H and O–H groups in total. The second-order valence-electron chi connectivity index (χ2n) is 7.63. The number of halogens is 1. The van der Waals surface area contributed by atoms with Gasteiger partial charge in [0.25, 0.3) is 5.56 Å². The van der Waals surface area contributed by atoms with Gasteiger partial charge in [0.15, 0.2) is 0 Å². The maximum absolute atomic E-state index is 13.6. The Morgan fingerprint density at radius 3 is 2.24 bits per heavy atom. The molecule has 1 aromatic heterocycles. The van der Waals surface area contributed by atoms with E-state index in [1.807, 2.05) is 6.07 Å². The Morgan fingerprint density at radius 2 is 1.56 bits per heavy atom. The third kappa shape index (κ3) is 4.94. The van der Waals surface area contributed by atoms with E-state index in [2.05, 4.69) is 4.98 Å². The fourth-order valence-electron chi connectivity index (χ4n) is 3.61. The van der Waals surface area contributed by atoms with Crippen molar-refractivity contribution in [2.75, 3.05) is 14.2 Å². The quantitative estimate of drug-likeness (QED) is 0.384. The Bertz CT molecular complexity index is 1480. The molecule has 1 heterocycles. The molecule has 0 unspecified atom stereocenters. The highest BCUT2D eigenvalue weighted by atomic mass is 35.5. The molecule has 34 heavy (non-hydrogen) atoms. The van der Waals surface area contributed by atoms with E-state index in [9.17, 15) is 13.2 Å². The first-order valence-electron chi connectivity index (χ1n) is 10.4. The van der Waals surface area contributed by atoms with Gasteiger partial charge >= 0.3 is 0 Å². The van der Waals surface area contributed by atoms with Gasteiger partial charge in [0.2, 0.25) is 10.0 Å². The van der Waals surface area contributed by atoms with E-state index in [4.69, 9.17) is 21.1 Å². The van der Waals surface area contributed by atoms with Crippen molar-refractivity contribution >= 4 is 32.5 Å². The predicted octanol–water partition coefficient (Wildman–Crippen LogP) is 4.59. The zero-order valence-corrected chi connectivity index (χ0v) is 20.2. The second kappa shape index (κ2) is 9.89. The summed E-state index contributed by atoms with van der Waals surface area (Å²) in [5.41, 5.74) is 1.26. The van der Waals surface area contributed by atoms with Crippen molar-refractivity contribution in [3.63, 3.8) is 0 Å². The minimum atomic E-state index is -4.03. The zero-order valence-electron chi connectivity index (χ0n) is 18.6. The third-order valence-electron chi connectivity index (χ3n) is 5.45. The van der Waals surface area contributed by atoms with Crippen molar-refractivity contribution in [3.8, 4) is 11.5 Å². The lowest BCUT2D eigenvalue weighted by Gasteiger charge is -2.23. The number of fused-ring (bicyclic) bond motifs is 1. The third-order valence-corrected chi connectivity index (χ3v) is 7.74. The van der Waals surface area contributed by atoms with E-state index >= 15 is 0 Å². The topological polar surface area (TPSA) is 88.7 Å². The largest absolute Gasteiger partial charge is 0.497 e. The molecule has 0 amide bonds. The molecule has 7 nitrogen and oxygen atoms in total. The molecule has 0 bridgehead atoms. The highest BCUT2D eigenvalue weighted by Crippen LogP contribution is 2.27. The maximum atomic E-state index is 13.6. The van der Waals surface area contributed by atoms with Gasteiger partial charge in [-0.15, -0.1) is 0 Å². The molecule has 0 aliphatic carbocycles. The molecule has 4 aromatic rings. The highest BCUT2D eigenvalue weighted by Gasteiger charge is 2.28. The zero-order chi connectivity index (χ0) is 24.3. The van der Waals surface area contributed by atoms with E-state index in [-0.39, 0.29) is 28.6 Å². The molecular formula is C25H23ClN2O5S. The van der Waals surface area contributed by atoms with Gasteiger partial charge in [0.05, 0.1) is 24.8 Å². The van der Waals surface area contributed by atoms with Gasteiger partial charge in [-0.25, -0.2) is 8.42 Å². The molecule has 0 aliphatic rings. The van der Waals surface area contributed by atoms with Crippen LogP contribution >= 0.6 is 11.6 Å². The first-order chi connectivity index (χ1) is 16.3. The lowest BCUT2D eigenvalue weighted by atomic mass is 10.1. The van der Waals surface area contributed by atoms with Crippen LogP contribution in [0, 0.1) is 0 Å². The smallest absolute Gasteiger partial charge is 0.252 e. The summed E-state index contributed by atoms with van der Waals surface area (Å²) < 4.78 is 38.9.